The molecule has 2 unspecified atom stereocenters. The van der Waals surface area contributed by atoms with Gasteiger partial charge in [-0.25, -0.2) is 4.98 Å². The molecule has 1 aliphatic carbocycles. The second-order valence-electron chi connectivity index (χ2n) is 16.5. The van der Waals surface area contributed by atoms with Crippen molar-refractivity contribution in [3.63, 3.8) is 0 Å². The second-order valence-corrected chi connectivity index (χ2v) is 16.5. The zero-order valence-electron chi connectivity index (χ0n) is 32.5. The van der Waals surface area contributed by atoms with Gasteiger partial charge in [-0.2, -0.15) is 0 Å². The average molecular weight is 745 g/mol. The van der Waals surface area contributed by atoms with Gasteiger partial charge in [-0.1, -0.05) is 84.7 Å². The van der Waals surface area contributed by atoms with Gasteiger partial charge < -0.3 is 15.3 Å². The lowest BCUT2D eigenvalue weighted by molar-refractivity contribution is -0.147. The molecular weight excluding hydrogens is 688 g/mol. The predicted molar refractivity (Wildman–Crippen MR) is 201 cm³/mol. The summed E-state index contributed by atoms with van der Waals surface area (Å²) in [7, 11) is 0. The molecule has 1 saturated carbocycles. The van der Waals surface area contributed by atoms with Gasteiger partial charge in [0.05, 0.1) is 18.2 Å². The molecule has 2 N–H and O–H groups in total. The van der Waals surface area contributed by atoms with E-state index in [2.05, 4.69) is 15.3 Å². The summed E-state index contributed by atoms with van der Waals surface area (Å²) in [4.78, 5) is 104. The van der Waals surface area contributed by atoms with Crippen molar-refractivity contribution in [2.24, 2.45) is 40.9 Å². The number of benzene rings is 1. The predicted octanol–water partition coefficient (Wildman–Crippen LogP) is 5.33. The van der Waals surface area contributed by atoms with Crippen LogP contribution in [-0.2, 0) is 35.2 Å². The smallest absolute Gasteiger partial charge is 0.307 e. The molecule has 292 valence electrons. The van der Waals surface area contributed by atoms with Crippen molar-refractivity contribution in [1.82, 2.24) is 20.2 Å². The lowest BCUT2D eigenvalue weighted by Crippen LogP contribution is -2.58. The number of amides is 2. The Kier molecular flexibility index (Phi) is 14.5. The van der Waals surface area contributed by atoms with Gasteiger partial charge in [-0.05, 0) is 54.4 Å². The standard InChI is InChI=1S/C42H56N4O8/c1-7-12-27(37(50)35(49)21-29(41(53)54)19-26-13-9-8-10-14-26)20-34(48)36-30-16-11-15-28(30)24-46(36)40(52)38(42(4,5)6)45-39(51)31(25(2)3)22-33(47)32-23-43-17-18-44-32/h8-10,13-14,17-18,23,25,27-31,36,38H,7,11-12,15-16,19-22,24H2,1-6H3,(H,45,51)(H,53,54)/t27?,28-,29-,30-,31+,36-,38?/m0/s1. The normalized spacial score (nSPS) is 20.4. The van der Waals surface area contributed by atoms with Crippen LogP contribution < -0.4 is 5.32 Å². The summed E-state index contributed by atoms with van der Waals surface area (Å²) < 4.78 is 0. The molecule has 0 bridgehead atoms. The van der Waals surface area contributed by atoms with Crippen molar-refractivity contribution in [1.29, 1.82) is 0 Å². The van der Waals surface area contributed by atoms with Crippen LogP contribution in [0.5, 0.6) is 0 Å². The lowest BCUT2D eigenvalue weighted by atomic mass is 9.82. The third kappa shape index (κ3) is 10.5. The van der Waals surface area contributed by atoms with Crippen LogP contribution in [0.15, 0.2) is 48.9 Å². The summed E-state index contributed by atoms with van der Waals surface area (Å²) in [6.45, 7) is 11.4. The molecule has 1 aromatic carbocycles. The van der Waals surface area contributed by atoms with Crippen LogP contribution in [-0.4, -0.2) is 79.5 Å². The first-order chi connectivity index (χ1) is 25.5. The fourth-order valence-corrected chi connectivity index (χ4v) is 8.12. The molecule has 0 radical (unpaired) electrons. The maximum Gasteiger partial charge on any atom is 0.307 e. The van der Waals surface area contributed by atoms with Gasteiger partial charge in [0.1, 0.15) is 11.7 Å². The summed E-state index contributed by atoms with van der Waals surface area (Å²) in [5.74, 6) is -7.25. The summed E-state index contributed by atoms with van der Waals surface area (Å²) in [6.07, 6.45) is 6.78. The average Bonchev–Trinajstić information content (AvgIpc) is 3.73. The van der Waals surface area contributed by atoms with Crippen molar-refractivity contribution in [3.05, 3.63) is 60.2 Å². The Morgan fingerprint density at radius 3 is 2.24 bits per heavy atom. The summed E-state index contributed by atoms with van der Waals surface area (Å²) in [5.41, 5.74) is 0.129. The van der Waals surface area contributed by atoms with Crippen molar-refractivity contribution in [3.8, 4) is 0 Å². The molecule has 7 atom stereocenters. The van der Waals surface area contributed by atoms with E-state index in [1.165, 1.54) is 18.6 Å². The number of fused-ring (bicyclic) bond motifs is 1. The van der Waals surface area contributed by atoms with Gasteiger partial charge in [0.2, 0.25) is 17.6 Å². The number of Topliss-reactive ketones (excluding diaryl/α,β-unsaturated/α-hetero) is 4. The van der Waals surface area contributed by atoms with Crippen LogP contribution in [0.3, 0.4) is 0 Å². The molecule has 2 heterocycles. The Hall–Kier alpha value is -4.61. The number of nitrogens with zero attached hydrogens (tertiary/aromatic N) is 3. The van der Waals surface area contributed by atoms with E-state index in [1.54, 1.807) is 29.2 Å². The van der Waals surface area contributed by atoms with E-state index in [4.69, 9.17) is 0 Å². The molecule has 2 amide bonds. The number of carboxylic acids is 1. The quantitative estimate of drug-likeness (QED) is 0.141. The van der Waals surface area contributed by atoms with Gasteiger partial charge in [0.25, 0.3) is 0 Å². The summed E-state index contributed by atoms with van der Waals surface area (Å²) in [6, 6.07) is 7.07. The van der Waals surface area contributed by atoms with Crippen molar-refractivity contribution < 1.29 is 38.7 Å². The maximum atomic E-state index is 14.6. The van der Waals surface area contributed by atoms with E-state index in [0.29, 0.717) is 13.0 Å². The van der Waals surface area contributed by atoms with E-state index < -0.39 is 71.0 Å². The monoisotopic (exact) mass is 744 g/mol. The third-order valence-electron chi connectivity index (χ3n) is 11.1. The van der Waals surface area contributed by atoms with Crippen molar-refractivity contribution in [2.75, 3.05) is 6.54 Å². The number of hydrogen-bond donors (Lipinski definition) is 2. The van der Waals surface area contributed by atoms with E-state index in [1.807, 2.05) is 47.6 Å². The number of nitrogens with one attached hydrogen (secondary N) is 1. The molecule has 1 aromatic heterocycles. The number of aromatic nitrogens is 2. The minimum absolute atomic E-state index is 0.0866. The molecule has 12 nitrogen and oxygen atoms in total. The number of carbonyl (C=O) groups is 7. The molecule has 0 spiro atoms. The largest absolute Gasteiger partial charge is 0.481 e. The lowest BCUT2D eigenvalue weighted by Gasteiger charge is -2.37. The number of likely N-dealkylation sites (tertiary alicyclic amines) is 1. The van der Waals surface area contributed by atoms with Crippen LogP contribution in [0.2, 0.25) is 0 Å². The molecular formula is C42H56N4O8. The Labute approximate surface area is 318 Å². The first-order valence-electron chi connectivity index (χ1n) is 19.3. The van der Waals surface area contributed by atoms with Gasteiger partial charge in [0.15, 0.2) is 17.3 Å². The van der Waals surface area contributed by atoms with Crippen LogP contribution in [0.4, 0.5) is 0 Å². The maximum absolute atomic E-state index is 14.6. The number of aliphatic carboxylic acids is 1. The van der Waals surface area contributed by atoms with Crippen LogP contribution in [0, 0.1) is 40.9 Å². The number of hydrogen-bond acceptors (Lipinski definition) is 9. The molecule has 2 aromatic rings. The Balaban J connectivity index is 1.52. The number of carboxylic acid groups (broad SMARTS) is 1. The first-order valence-corrected chi connectivity index (χ1v) is 19.3. The van der Waals surface area contributed by atoms with Crippen molar-refractivity contribution >= 4 is 40.9 Å². The second kappa shape index (κ2) is 18.6. The van der Waals surface area contributed by atoms with Crippen LogP contribution in [0.25, 0.3) is 0 Å². The number of ketones is 4. The summed E-state index contributed by atoms with van der Waals surface area (Å²) >= 11 is 0. The van der Waals surface area contributed by atoms with Crippen LogP contribution in [0.1, 0.15) is 109 Å². The van der Waals surface area contributed by atoms with E-state index >= 15 is 0 Å². The van der Waals surface area contributed by atoms with Gasteiger partial charge in [-0.3, -0.25) is 38.5 Å². The first kappa shape index (κ1) is 42.1. The topological polar surface area (TPSA) is 181 Å². The number of carbonyl (C=O) groups excluding carboxylic acids is 6. The highest BCUT2D eigenvalue weighted by Crippen LogP contribution is 2.44. The fraction of sp³-hybridized carbons (Fsp3) is 0.595. The van der Waals surface area contributed by atoms with E-state index in [0.717, 1.165) is 24.8 Å². The van der Waals surface area contributed by atoms with E-state index in [-0.39, 0.29) is 60.7 Å². The van der Waals surface area contributed by atoms with E-state index in [9.17, 15) is 38.7 Å². The Bertz CT molecular complexity index is 1670. The molecule has 2 aliphatic rings. The zero-order valence-corrected chi connectivity index (χ0v) is 32.5. The molecule has 4 rings (SSSR count). The molecule has 1 saturated heterocycles. The molecule has 1 aliphatic heterocycles. The fourth-order valence-electron chi connectivity index (χ4n) is 8.12. The summed E-state index contributed by atoms with van der Waals surface area (Å²) in [5, 5.41) is 12.8. The minimum atomic E-state index is -1.17. The minimum Gasteiger partial charge on any atom is -0.481 e. The Morgan fingerprint density at radius 2 is 1.65 bits per heavy atom. The zero-order chi connectivity index (χ0) is 39.7. The molecule has 12 heteroatoms. The highest BCUT2D eigenvalue weighted by molar-refractivity contribution is 6.38. The third-order valence-corrected chi connectivity index (χ3v) is 11.1. The van der Waals surface area contributed by atoms with Gasteiger partial charge in [-0.15, -0.1) is 0 Å². The SMILES string of the molecule is CCCC(CC(=O)[C@@H]1[C@H]2CCC[C@H]2CN1C(=O)C(NC(=O)[C@H](CC(=O)c1cnccn1)C(C)C)C(C)(C)C)C(=O)C(=O)C[C@H](Cc1ccccc1)C(=O)O. The van der Waals surface area contributed by atoms with Gasteiger partial charge >= 0.3 is 5.97 Å². The Morgan fingerprint density at radius 1 is 0.944 bits per heavy atom. The molecule has 54 heavy (non-hydrogen) atoms. The van der Waals surface area contributed by atoms with Gasteiger partial charge in [0, 0.05) is 50.0 Å². The molecule has 2 fully saturated rings. The highest BCUT2D eigenvalue weighted by Gasteiger charge is 2.52. The number of rotatable bonds is 19. The van der Waals surface area contributed by atoms with Crippen LogP contribution >= 0.6 is 0 Å². The van der Waals surface area contributed by atoms with Crippen molar-refractivity contribution in [2.45, 2.75) is 111 Å². The highest BCUT2D eigenvalue weighted by atomic mass is 16.4.